The molecule has 17 heteroatoms. The fourth-order valence-electron chi connectivity index (χ4n) is 6.21. The van der Waals surface area contributed by atoms with Crippen molar-refractivity contribution in [1.82, 2.24) is 29.5 Å². The predicted molar refractivity (Wildman–Crippen MR) is 187 cm³/mol. The molecule has 0 aliphatic carbocycles. The number of halogens is 3. The Morgan fingerprint density at radius 2 is 1.75 bits per heavy atom. The van der Waals surface area contributed by atoms with Crippen molar-refractivity contribution in [3.05, 3.63) is 83.9 Å². The number of amides is 3. The first kappa shape index (κ1) is 37.5. The highest BCUT2D eigenvalue weighted by Gasteiger charge is 2.39. The van der Waals surface area contributed by atoms with Crippen LogP contribution in [0.3, 0.4) is 0 Å². The number of unbranched alkanes of at least 4 members (excludes halogenated alkanes) is 4. The second kappa shape index (κ2) is 15.8. The highest BCUT2D eigenvalue weighted by molar-refractivity contribution is 7.89. The molecule has 1 fully saturated rings. The standard InChI is InChI=1S/C36H38F3N7O6S/c1-45-21-30(41-22-45)28-18-26(9-11-29(28)43-32-13-7-24(19-40-32)36(37,38)39)53(50,51)42-15-5-3-2-4-6-16-52-25-8-10-27-23(17-25)20-46(35(27)49)31-12-14-33(47)44-34(31)48/h7-11,13,17-19,21-22,31,42H,2-6,12,14-16,20H2,1H3,(H,40,43)(H,44,47,48)/t31-/m0/s1. The molecule has 0 bridgehead atoms. The van der Waals surface area contributed by atoms with E-state index in [2.05, 4.69) is 25.3 Å². The number of carbonyl (C=O) groups excluding carboxylic acids is 3. The topological polar surface area (TPSA) is 165 Å². The summed E-state index contributed by atoms with van der Waals surface area (Å²) in [7, 11) is -2.12. The largest absolute Gasteiger partial charge is 0.494 e. The lowest BCUT2D eigenvalue weighted by Gasteiger charge is -2.29. The average molecular weight is 754 g/mol. The average Bonchev–Trinajstić information content (AvgIpc) is 3.69. The van der Waals surface area contributed by atoms with Crippen molar-refractivity contribution in [3.63, 3.8) is 0 Å². The van der Waals surface area contributed by atoms with Crippen LogP contribution in [-0.2, 0) is 39.4 Å². The molecular weight excluding hydrogens is 716 g/mol. The molecule has 0 spiro atoms. The van der Waals surface area contributed by atoms with Gasteiger partial charge in [-0.25, -0.2) is 23.1 Å². The Kier molecular flexibility index (Phi) is 11.1. The van der Waals surface area contributed by atoms with Crippen molar-refractivity contribution in [2.24, 2.45) is 7.05 Å². The van der Waals surface area contributed by atoms with Crippen molar-refractivity contribution < 1.29 is 40.7 Å². The van der Waals surface area contributed by atoms with Crippen molar-refractivity contribution in [1.29, 1.82) is 0 Å². The van der Waals surface area contributed by atoms with E-state index in [-0.39, 0.29) is 42.0 Å². The number of alkyl halides is 3. The number of fused-ring (bicyclic) bond motifs is 1. The third-order valence-electron chi connectivity index (χ3n) is 9.01. The zero-order chi connectivity index (χ0) is 37.8. The van der Waals surface area contributed by atoms with Crippen molar-refractivity contribution in [3.8, 4) is 17.0 Å². The van der Waals surface area contributed by atoms with Crippen molar-refractivity contribution in [2.45, 2.75) is 68.6 Å². The van der Waals surface area contributed by atoms with Gasteiger partial charge in [-0.2, -0.15) is 13.2 Å². The molecule has 13 nitrogen and oxygen atoms in total. The molecule has 2 aliphatic rings. The number of pyridine rings is 1. The number of aromatic nitrogens is 3. The Labute approximate surface area is 304 Å². The monoisotopic (exact) mass is 753 g/mol. The third-order valence-corrected chi connectivity index (χ3v) is 10.5. The molecule has 3 amide bonds. The summed E-state index contributed by atoms with van der Waals surface area (Å²) in [6.45, 7) is 0.977. The van der Waals surface area contributed by atoms with Crippen LogP contribution in [0.25, 0.3) is 11.3 Å². The molecule has 2 aromatic heterocycles. The van der Waals surface area contributed by atoms with E-state index in [0.717, 1.165) is 43.5 Å². The van der Waals surface area contributed by atoms with E-state index < -0.39 is 33.7 Å². The second-order valence-corrected chi connectivity index (χ2v) is 14.7. The maximum atomic E-state index is 13.2. The minimum absolute atomic E-state index is 0.0147. The van der Waals surface area contributed by atoms with Crippen LogP contribution in [-0.4, -0.2) is 64.8 Å². The molecule has 4 aromatic rings. The molecule has 0 saturated carbocycles. The highest BCUT2D eigenvalue weighted by Crippen LogP contribution is 2.34. The van der Waals surface area contributed by atoms with Gasteiger partial charge < -0.3 is 19.5 Å². The van der Waals surface area contributed by atoms with Crippen LogP contribution in [0, 0.1) is 0 Å². The molecule has 4 heterocycles. The molecule has 1 atom stereocenters. The number of piperidine rings is 1. The number of benzene rings is 2. The van der Waals surface area contributed by atoms with Crippen LogP contribution < -0.4 is 20.1 Å². The Balaban J connectivity index is 0.942. The molecule has 0 radical (unpaired) electrons. The summed E-state index contributed by atoms with van der Waals surface area (Å²) in [6, 6.07) is 11.1. The van der Waals surface area contributed by atoms with Gasteiger partial charge in [0, 0.05) is 55.8 Å². The number of rotatable bonds is 15. The fraction of sp³-hybridized carbons (Fsp3) is 0.361. The quantitative estimate of drug-likeness (QED) is 0.108. The first-order chi connectivity index (χ1) is 25.3. The molecule has 2 aromatic carbocycles. The lowest BCUT2D eigenvalue weighted by molar-refractivity contribution is -0.138. The number of ether oxygens (including phenoxy) is 1. The minimum Gasteiger partial charge on any atom is -0.494 e. The fourth-order valence-corrected chi connectivity index (χ4v) is 7.31. The van der Waals surface area contributed by atoms with Gasteiger partial charge >= 0.3 is 6.18 Å². The SMILES string of the molecule is Cn1cnc(-c2cc(S(=O)(=O)NCCCCCCCOc3ccc4c(c3)CN([C@H]3CCC(=O)NC3=O)C4=O)ccc2Nc2ccc(C(F)(F)F)cn2)c1. The van der Waals surface area contributed by atoms with E-state index in [4.69, 9.17) is 4.74 Å². The number of nitrogens with one attached hydrogen (secondary N) is 3. The number of carbonyl (C=O) groups is 3. The minimum atomic E-state index is -4.52. The first-order valence-corrected chi connectivity index (χ1v) is 18.6. The molecule has 2 aliphatic heterocycles. The number of hydrogen-bond acceptors (Lipinski definition) is 9. The summed E-state index contributed by atoms with van der Waals surface area (Å²) in [5.41, 5.74) is 1.72. The van der Waals surface area contributed by atoms with Crippen LogP contribution >= 0.6 is 0 Å². The Hall–Kier alpha value is -5.29. The Morgan fingerprint density at radius 3 is 2.47 bits per heavy atom. The zero-order valence-electron chi connectivity index (χ0n) is 28.8. The van der Waals surface area contributed by atoms with Gasteiger partial charge in [0.15, 0.2) is 0 Å². The van der Waals surface area contributed by atoms with Crippen LogP contribution in [0.15, 0.2) is 72.1 Å². The van der Waals surface area contributed by atoms with Crippen LogP contribution in [0.2, 0.25) is 0 Å². The van der Waals surface area contributed by atoms with Gasteiger partial charge in [-0.3, -0.25) is 19.7 Å². The van der Waals surface area contributed by atoms with E-state index in [0.29, 0.717) is 47.7 Å². The maximum Gasteiger partial charge on any atom is 0.417 e. The van der Waals surface area contributed by atoms with Crippen molar-refractivity contribution in [2.75, 3.05) is 18.5 Å². The normalized spacial score (nSPS) is 16.1. The van der Waals surface area contributed by atoms with E-state index in [1.54, 1.807) is 36.3 Å². The summed E-state index contributed by atoms with van der Waals surface area (Å²) in [5, 5.41) is 5.27. The number of imide groups is 1. The summed E-state index contributed by atoms with van der Waals surface area (Å²) in [4.78, 5) is 46.4. The van der Waals surface area contributed by atoms with Gasteiger partial charge in [-0.1, -0.05) is 19.3 Å². The van der Waals surface area contributed by atoms with E-state index >= 15 is 0 Å². The highest BCUT2D eigenvalue weighted by atomic mass is 32.2. The molecule has 1 saturated heterocycles. The maximum absolute atomic E-state index is 13.2. The molecular formula is C36H38F3N7O6S. The molecule has 53 heavy (non-hydrogen) atoms. The number of sulfonamides is 1. The Morgan fingerprint density at radius 1 is 0.962 bits per heavy atom. The van der Waals surface area contributed by atoms with Gasteiger partial charge in [-0.05, 0) is 73.4 Å². The number of aryl methyl sites for hydroxylation is 1. The number of nitrogens with zero attached hydrogens (tertiary/aromatic N) is 4. The number of anilines is 2. The Bertz CT molecular complexity index is 2100. The van der Waals surface area contributed by atoms with Crippen LogP contribution in [0.5, 0.6) is 5.75 Å². The zero-order valence-corrected chi connectivity index (χ0v) is 29.6. The molecule has 0 unspecified atom stereocenters. The van der Waals surface area contributed by atoms with Gasteiger partial charge in [0.05, 0.1) is 29.1 Å². The second-order valence-electron chi connectivity index (χ2n) is 12.9. The predicted octanol–water partition coefficient (Wildman–Crippen LogP) is 5.31. The lowest BCUT2D eigenvalue weighted by atomic mass is 10.0. The van der Waals surface area contributed by atoms with Crippen LogP contribution in [0.1, 0.15) is 66.4 Å². The van der Waals surface area contributed by atoms with E-state index in [1.807, 2.05) is 6.07 Å². The number of imidazole rings is 1. The van der Waals surface area contributed by atoms with Gasteiger partial charge in [0.1, 0.15) is 17.6 Å². The van der Waals surface area contributed by atoms with E-state index in [9.17, 15) is 36.0 Å². The lowest BCUT2D eigenvalue weighted by Crippen LogP contribution is -2.52. The first-order valence-electron chi connectivity index (χ1n) is 17.1. The van der Waals surface area contributed by atoms with Gasteiger partial charge in [-0.15, -0.1) is 0 Å². The summed E-state index contributed by atoms with van der Waals surface area (Å²) in [6.07, 6.45) is 3.88. The van der Waals surface area contributed by atoms with E-state index in [1.165, 1.54) is 29.2 Å². The smallest absolute Gasteiger partial charge is 0.417 e. The molecule has 6 rings (SSSR count). The molecule has 3 N–H and O–H groups in total. The summed E-state index contributed by atoms with van der Waals surface area (Å²) < 4.78 is 75.6. The summed E-state index contributed by atoms with van der Waals surface area (Å²) >= 11 is 0. The number of hydrogen-bond donors (Lipinski definition) is 3. The summed E-state index contributed by atoms with van der Waals surface area (Å²) in [5.74, 6) is -0.242. The van der Waals surface area contributed by atoms with Gasteiger partial charge in [0.2, 0.25) is 21.8 Å². The van der Waals surface area contributed by atoms with Crippen LogP contribution in [0.4, 0.5) is 24.7 Å². The third kappa shape index (κ3) is 9.03. The molecule has 280 valence electrons. The van der Waals surface area contributed by atoms with Crippen molar-refractivity contribution >= 4 is 39.3 Å². The van der Waals surface area contributed by atoms with Gasteiger partial charge in [0.25, 0.3) is 5.91 Å².